The molecule has 0 aliphatic heterocycles. The van der Waals surface area contributed by atoms with Crippen LogP contribution in [0.4, 0.5) is 0 Å². The molecule has 1 rings (SSSR count). The van der Waals surface area contributed by atoms with E-state index in [2.05, 4.69) is 0 Å². The Morgan fingerprint density at radius 1 is 1.21 bits per heavy atom. The third-order valence-corrected chi connectivity index (χ3v) is 1.86. The van der Waals surface area contributed by atoms with E-state index in [1.165, 1.54) is 0 Å². The van der Waals surface area contributed by atoms with Crippen molar-refractivity contribution in [1.82, 2.24) is 0 Å². The van der Waals surface area contributed by atoms with Crippen LogP contribution in [0, 0.1) is 0 Å². The predicted molar refractivity (Wildman–Crippen MR) is 54.8 cm³/mol. The molecular weight excluding hydrogens is 180 g/mol. The Morgan fingerprint density at radius 2 is 1.79 bits per heavy atom. The maximum absolute atomic E-state index is 9.01. The topological polar surface area (TPSA) is 38.7 Å². The van der Waals surface area contributed by atoms with Crippen LogP contribution in [0.15, 0.2) is 24.3 Å². The van der Waals surface area contributed by atoms with Crippen LogP contribution < -0.4 is 9.47 Å². The molecular formula is C11H16O3. The Kier molecular flexibility index (Phi) is 4.26. The van der Waals surface area contributed by atoms with Gasteiger partial charge in [-0.15, -0.1) is 0 Å². The Morgan fingerprint density at radius 3 is 2.29 bits per heavy atom. The molecule has 0 saturated heterocycles. The van der Waals surface area contributed by atoms with Gasteiger partial charge in [-0.2, -0.15) is 0 Å². The summed E-state index contributed by atoms with van der Waals surface area (Å²) in [4.78, 5) is 0. The lowest BCUT2D eigenvalue weighted by Crippen LogP contribution is -2.07. The largest absolute Gasteiger partial charge is 0.497 e. The lowest BCUT2D eigenvalue weighted by molar-refractivity contribution is 0.155. The second-order valence-electron chi connectivity index (χ2n) is 3.16. The monoisotopic (exact) mass is 196 g/mol. The van der Waals surface area contributed by atoms with Gasteiger partial charge in [-0.05, 0) is 31.2 Å². The van der Waals surface area contributed by atoms with Crippen molar-refractivity contribution in [2.24, 2.45) is 0 Å². The van der Waals surface area contributed by atoms with Gasteiger partial charge >= 0.3 is 0 Å². The first kappa shape index (κ1) is 10.9. The molecule has 0 aliphatic carbocycles. The third kappa shape index (κ3) is 3.66. The van der Waals surface area contributed by atoms with E-state index < -0.39 is 0 Å². The molecule has 0 bridgehead atoms. The van der Waals surface area contributed by atoms with Gasteiger partial charge in [0.05, 0.1) is 19.8 Å². The molecule has 78 valence electrons. The standard InChI is InChI=1S/C11H16O3/c1-9(12)7-8-14-11-5-3-10(13-2)4-6-11/h3-6,9,12H,7-8H2,1-2H3. The fourth-order valence-corrected chi connectivity index (χ4v) is 1.02. The molecule has 1 aromatic rings. The summed E-state index contributed by atoms with van der Waals surface area (Å²) >= 11 is 0. The van der Waals surface area contributed by atoms with Crippen LogP contribution in [0.3, 0.4) is 0 Å². The van der Waals surface area contributed by atoms with E-state index in [0.29, 0.717) is 13.0 Å². The van der Waals surface area contributed by atoms with E-state index in [9.17, 15) is 0 Å². The van der Waals surface area contributed by atoms with Crippen molar-refractivity contribution in [2.75, 3.05) is 13.7 Å². The number of methoxy groups -OCH3 is 1. The number of benzene rings is 1. The van der Waals surface area contributed by atoms with Gasteiger partial charge in [0.1, 0.15) is 11.5 Å². The highest BCUT2D eigenvalue weighted by molar-refractivity contribution is 5.31. The molecule has 3 nitrogen and oxygen atoms in total. The van der Waals surface area contributed by atoms with Gasteiger partial charge in [0, 0.05) is 6.42 Å². The maximum atomic E-state index is 9.01. The minimum Gasteiger partial charge on any atom is -0.497 e. The molecule has 14 heavy (non-hydrogen) atoms. The number of aliphatic hydroxyl groups is 1. The summed E-state index contributed by atoms with van der Waals surface area (Å²) in [7, 11) is 1.63. The van der Waals surface area contributed by atoms with Gasteiger partial charge < -0.3 is 14.6 Å². The zero-order chi connectivity index (χ0) is 10.4. The molecule has 0 aliphatic rings. The van der Waals surface area contributed by atoms with Crippen LogP contribution in [0.25, 0.3) is 0 Å². The smallest absolute Gasteiger partial charge is 0.119 e. The Hall–Kier alpha value is -1.22. The Balaban J connectivity index is 2.36. The summed E-state index contributed by atoms with van der Waals surface area (Å²) in [5.74, 6) is 1.61. The van der Waals surface area contributed by atoms with Crippen LogP contribution >= 0.6 is 0 Å². The normalized spacial score (nSPS) is 12.2. The predicted octanol–water partition coefficient (Wildman–Crippen LogP) is 1.84. The first-order valence-electron chi connectivity index (χ1n) is 4.67. The molecule has 0 heterocycles. The summed E-state index contributed by atoms with van der Waals surface area (Å²) in [6.45, 7) is 2.28. The van der Waals surface area contributed by atoms with E-state index in [-0.39, 0.29) is 6.10 Å². The fraction of sp³-hybridized carbons (Fsp3) is 0.455. The summed E-state index contributed by atoms with van der Waals surface area (Å²) in [6, 6.07) is 7.39. The SMILES string of the molecule is COc1ccc(OCCC(C)O)cc1. The Bertz CT molecular complexity index is 254. The maximum Gasteiger partial charge on any atom is 0.119 e. The minimum absolute atomic E-state index is 0.312. The molecule has 1 N–H and O–H groups in total. The van der Waals surface area contributed by atoms with E-state index in [0.717, 1.165) is 11.5 Å². The summed E-state index contributed by atoms with van der Waals surface area (Å²) in [5.41, 5.74) is 0. The fourth-order valence-electron chi connectivity index (χ4n) is 1.02. The van der Waals surface area contributed by atoms with Gasteiger partial charge in [-0.1, -0.05) is 0 Å². The Labute approximate surface area is 84.3 Å². The summed E-state index contributed by atoms with van der Waals surface area (Å²) < 4.78 is 10.4. The number of ether oxygens (including phenoxy) is 2. The molecule has 1 unspecified atom stereocenters. The van der Waals surface area contributed by atoms with Crippen molar-refractivity contribution < 1.29 is 14.6 Å². The average molecular weight is 196 g/mol. The highest BCUT2D eigenvalue weighted by atomic mass is 16.5. The number of aliphatic hydroxyl groups excluding tert-OH is 1. The third-order valence-electron chi connectivity index (χ3n) is 1.86. The molecule has 0 amide bonds. The van der Waals surface area contributed by atoms with Crippen LogP contribution in [0.5, 0.6) is 11.5 Å². The molecule has 0 fully saturated rings. The van der Waals surface area contributed by atoms with E-state index in [4.69, 9.17) is 14.6 Å². The quantitative estimate of drug-likeness (QED) is 0.781. The lowest BCUT2D eigenvalue weighted by Gasteiger charge is -2.07. The van der Waals surface area contributed by atoms with Crippen molar-refractivity contribution in [1.29, 1.82) is 0 Å². The molecule has 0 radical (unpaired) electrons. The molecule has 0 aromatic heterocycles. The van der Waals surface area contributed by atoms with Gasteiger partial charge in [0.25, 0.3) is 0 Å². The van der Waals surface area contributed by atoms with Crippen molar-refractivity contribution in [3.63, 3.8) is 0 Å². The molecule has 1 aromatic carbocycles. The highest BCUT2D eigenvalue weighted by Crippen LogP contribution is 2.17. The molecule has 3 heteroatoms. The van der Waals surface area contributed by atoms with Crippen molar-refractivity contribution in [3.05, 3.63) is 24.3 Å². The molecule has 0 saturated carbocycles. The van der Waals surface area contributed by atoms with Crippen molar-refractivity contribution in [3.8, 4) is 11.5 Å². The van der Waals surface area contributed by atoms with Gasteiger partial charge in [-0.25, -0.2) is 0 Å². The number of hydrogen-bond acceptors (Lipinski definition) is 3. The van der Waals surface area contributed by atoms with Crippen LogP contribution in [-0.2, 0) is 0 Å². The number of rotatable bonds is 5. The minimum atomic E-state index is -0.312. The first-order valence-corrected chi connectivity index (χ1v) is 4.67. The van der Waals surface area contributed by atoms with Gasteiger partial charge in [0.15, 0.2) is 0 Å². The first-order chi connectivity index (χ1) is 6.72. The van der Waals surface area contributed by atoms with Gasteiger partial charge in [-0.3, -0.25) is 0 Å². The zero-order valence-corrected chi connectivity index (χ0v) is 8.56. The molecule has 0 spiro atoms. The lowest BCUT2D eigenvalue weighted by atomic mass is 10.3. The number of hydrogen-bond donors (Lipinski definition) is 1. The van der Waals surface area contributed by atoms with Crippen molar-refractivity contribution >= 4 is 0 Å². The average Bonchev–Trinajstić information content (AvgIpc) is 2.18. The van der Waals surface area contributed by atoms with E-state index in [1.807, 2.05) is 24.3 Å². The zero-order valence-electron chi connectivity index (χ0n) is 8.56. The highest BCUT2D eigenvalue weighted by Gasteiger charge is 1.97. The summed E-state index contributed by atoms with van der Waals surface area (Å²) in [5, 5.41) is 9.01. The van der Waals surface area contributed by atoms with Gasteiger partial charge in [0.2, 0.25) is 0 Å². The summed E-state index contributed by atoms with van der Waals surface area (Å²) in [6.07, 6.45) is 0.333. The second kappa shape index (κ2) is 5.50. The van der Waals surface area contributed by atoms with Crippen LogP contribution in [0.1, 0.15) is 13.3 Å². The molecule has 1 atom stereocenters. The van der Waals surface area contributed by atoms with Crippen LogP contribution in [0.2, 0.25) is 0 Å². The van der Waals surface area contributed by atoms with Crippen molar-refractivity contribution in [2.45, 2.75) is 19.4 Å². The van der Waals surface area contributed by atoms with Crippen LogP contribution in [-0.4, -0.2) is 24.9 Å². The second-order valence-corrected chi connectivity index (χ2v) is 3.16. The van der Waals surface area contributed by atoms with E-state index in [1.54, 1.807) is 14.0 Å². The van der Waals surface area contributed by atoms with E-state index >= 15 is 0 Å².